The predicted molar refractivity (Wildman–Crippen MR) is 108 cm³/mol. The maximum atomic E-state index is 13.0. The molecular weight excluding hydrogens is 368 g/mol. The Balaban J connectivity index is 2.09. The van der Waals surface area contributed by atoms with Gasteiger partial charge in [0.2, 0.25) is 5.95 Å². The molecule has 0 atom stereocenters. The Bertz CT molecular complexity index is 1100. The molecule has 0 aliphatic heterocycles. The molecule has 0 aliphatic rings. The Kier molecular flexibility index (Phi) is 5.38. The van der Waals surface area contributed by atoms with Crippen LogP contribution in [0.15, 0.2) is 33.9 Å². The number of aryl methyl sites for hydroxylation is 2. The molecule has 27 heavy (non-hydrogen) atoms. The van der Waals surface area contributed by atoms with Crippen LogP contribution < -0.4 is 16.6 Å². The first kappa shape index (κ1) is 19.2. The van der Waals surface area contributed by atoms with Crippen molar-refractivity contribution in [2.75, 3.05) is 32.5 Å². The molecule has 0 saturated carbocycles. The first-order valence-electron chi connectivity index (χ1n) is 8.59. The van der Waals surface area contributed by atoms with Crippen molar-refractivity contribution in [3.8, 4) is 0 Å². The number of aromatic nitrogens is 4. The number of halogens is 1. The molecule has 0 radical (unpaired) electrons. The number of likely N-dealkylation sites (N-methyl/N-ethyl adjacent to an activating group) is 1. The van der Waals surface area contributed by atoms with Crippen LogP contribution in [0.5, 0.6) is 0 Å². The zero-order chi connectivity index (χ0) is 19.7. The highest BCUT2D eigenvalue weighted by atomic mass is 35.5. The van der Waals surface area contributed by atoms with Gasteiger partial charge < -0.3 is 14.8 Å². The molecule has 0 bridgehead atoms. The normalized spacial score (nSPS) is 11.5. The van der Waals surface area contributed by atoms with Crippen molar-refractivity contribution >= 4 is 28.7 Å². The molecule has 8 nitrogen and oxygen atoms in total. The Hall–Kier alpha value is -2.58. The maximum absolute atomic E-state index is 13.0. The largest absolute Gasteiger partial charge is 0.354 e. The van der Waals surface area contributed by atoms with Gasteiger partial charge in [0, 0.05) is 32.2 Å². The van der Waals surface area contributed by atoms with Crippen LogP contribution in [0.1, 0.15) is 5.56 Å². The van der Waals surface area contributed by atoms with E-state index in [0.29, 0.717) is 34.2 Å². The number of benzene rings is 1. The summed E-state index contributed by atoms with van der Waals surface area (Å²) in [5.74, 6) is 0.550. The standard InChI is InChI=1S/C18H23ClN6O2/c1-22(2)10-9-20-17-21-15-14(23(17)3)16(26)25(18(27)24(15)4)11-12-7-5-6-8-13(12)19/h5-8H,9-11H2,1-4H3,(H,20,21). The van der Waals surface area contributed by atoms with E-state index < -0.39 is 5.69 Å². The Morgan fingerprint density at radius 2 is 1.85 bits per heavy atom. The van der Waals surface area contributed by atoms with E-state index in [1.165, 1.54) is 9.13 Å². The molecule has 2 aromatic heterocycles. The molecule has 0 aliphatic carbocycles. The first-order valence-corrected chi connectivity index (χ1v) is 8.97. The molecule has 144 valence electrons. The van der Waals surface area contributed by atoms with E-state index in [0.717, 1.165) is 6.54 Å². The van der Waals surface area contributed by atoms with Crippen LogP contribution >= 0.6 is 11.6 Å². The third-order valence-electron chi connectivity index (χ3n) is 4.49. The highest BCUT2D eigenvalue weighted by Crippen LogP contribution is 2.16. The van der Waals surface area contributed by atoms with Crippen molar-refractivity contribution < 1.29 is 0 Å². The third-order valence-corrected chi connectivity index (χ3v) is 4.86. The number of anilines is 1. The Morgan fingerprint density at radius 1 is 1.15 bits per heavy atom. The van der Waals surface area contributed by atoms with E-state index >= 15 is 0 Å². The zero-order valence-corrected chi connectivity index (χ0v) is 16.6. The van der Waals surface area contributed by atoms with Gasteiger partial charge in [-0.2, -0.15) is 4.98 Å². The van der Waals surface area contributed by atoms with Gasteiger partial charge in [0.1, 0.15) is 0 Å². The van der Waals surface area contributed by atoms with Crippen LogP contribution in [0.2, 0.25) is 5.02 Å². The molecule has 0 spiro atoms. The lowest BCUT2D eigenvalue weighted by Crippen LogP contribution is -2.39. The molecule has 0 fully saturated rings. The van der Waals surface area contributed by atoms with Crippen LogP contribution in [-0.4, -0.2) is 50.8 Å². The molecule has 3 rings (SSSR count). The maximum Gasteiger partial charge on any atom is 0.332 e. The van der Waals surface area contributed by atoms with E-state index in [1.807, 2.05) is 31.1 Å². The van der Waals surface area contributed by atoms with E-state index in [4.69, 9.17) is 11.6 Å². The van der Waals surface area contributed by atoms with Gasteiger partial charge in [-0.05, 0) is 25.7 Å². The lowest BCUT2D eigenvalue weighted by molar-refractivity contribution is 0.424. The van der Waals surface area contributed by atoms with Gasteiger partial charge in [-0.25, -0.2) is 4.79 Å². The quantitative estimate of drug-likeness (QED) is 0.682. The highest BCUT2D eigenvalue weighted by Gasteiger charge is 2.19. The van der Waals surface area contributed by atoms with Crippen LogP contribution in [0.4, 0.5) is 5.95 Å². The highest BCUT2D eigenvalue weighted by molar-refractivity contribution is 6.31. The molecule has 2 heterocycles. The summed E-state index contributed by atoms with van der Waals surface area (Å²) in [6.45, 7) is 1.60. The van der Waals surface area contributed by atoms with Crippen molar-refractivity contribution in [1.29, 1.82) is 0 Å². The Morgan fingerprint density at radius 3 is 2.52 bits per heavy atom. The summed E-state index contributed by atoms with van der Waals surface area (Å²) in [6, 6.07) is 7.17. The first-order chi connectivity index (χ1) is 12.8. The minimum atomic E-state index is -0.426. The molecule has 0 saturated heterocycles. The number of nitrogens with one attached hydrogen (secondary N) is 1. The van der Waals surface area contributed by atoms with E-state index in [1.54, 1.807) is 30.8 Å². The second-order valence-corrected chi connectivity index (χ2v) is 7.13. The van der Waals surface area contributed by atoms with Crippen LogP contribution in [0.25, 0.3) is 11.2 Å². The second-order valence-electron chi connectivity index (χ2n) is 6.72. The van der Waals surface area contributed by atoms with Crippen molar-refractivity contribution in [2.24, 2.45) is 14.1 Å². The van der Waals surface area contributed by atoms with Crippen molar-refractivity contribution in [2.45, 2.75) is 6.54 Å². The SMILES string of the molecule is CN(C)CCNc1nc2c(c(=O)n(Cc3ccccc3Cl)c(=O)n2C)n1C. The number of rotatable bonds is 6. The molecule has 3 aromatic rings. The van der Waals surface area contributed by atoms with Crippen LogP contribution in [0, 0.1) is 0 Å². The number of hydrogen-bond acceptors (Lipinski definition) is 5. The van der Waals surface area contributed by atoms with Crippen LogP contribution in [-0.2, 0) is 20.6 Å². The fraction of sp³-hybridized carbons (Fsp3) is 0.389. The summed E-state index contributed by atoms with van der Waals surface area (Å²) >= 11 is 6.20. The molecular formula is C18H23ClN6O2. The summed E-state index contributed by atoms with van der Waals surface area (Å²) in [7, 11) is 7.34. The smallest absolute Gasteiger partial charge is 0.332 e. The van der Waals surface area contributed by atoms with Gasteiger partial charge in [0.05, 0.1) is 6.54 Å². The summed E-state index contributed by atoms with van der Waals surface area (Å²) in [5.41, 5.74) is 0.630. The molecule has 0 unspecified atom stereocenters. The summed E-state index contributed by atoms with van der Waals surface area (Å²) < 4.78 is 4.27. The Labute approximate surface area is 161 Å². The second kappa shape index (κ2) is 7.58. The van der Waals surface area contributed by atoms with Crippen LogP contribution in [0.3, 0.4) is 0 Å². The van der Waals surface area contributed by atoms with E-state index in [9.17, 15) is 9.59 Å². The average molecular weight is 391 g/mol. The molecule has 9 heteroatoms. The number of imidazole rings is 1. The zero-order valence-electron chi connectivity index (χ0n) is 15.9. The van der Waals surface area contributed by atoms with E-state index in [2.05, 4.69) is 10.3 Å². The number of hydrogen-bond donors (Lipinski definition) is 1. The minimum absolute atomic E-state index is 0.107. The van der Waals surface area contributed by atoms with Gasteiger partial charge in [0.25, 0.3) is 5.56 Å². The van der Waals surface area contributed by atoms with Crippen molar-refractivity contribution in [3.63, 3.8) is 0 Å². The van der Waals surface area contributed by atoms with E-state index in [-0.39, 0.29) is 12.1 Å². The van der Waals surface area contributed by atoms with Gasteiger partial charge in [-0.15, -0.1) is 0 Å². The van der Waals surface area contributed by atoms with Gasteiger partial charge in [-0.3, -0.25) is 13.9 Å². The molecule has 0 amide bonds. The summed E-state index contributed by atoms with van der Waals surface area (Å²) in [6.07, 6.45) is 0. The third kappa shape index (κ3) is 3.63. The topological polar surface area (TPSA) is 77.1 Å². The van der Waals surface area contributed by atoms with Gasteiger partial charge in [0.15, 0.2) is 11.2 Å². The number of fused-ring (bicyclic) bond motifs is 1. The summed E-state index contributed by atoms with van der Waals surface area (Å²) in [4.78, 5) is 32.3. The number of nitrogens with zero attached hydrogens (tertiary/aromatic N) is 5. The monoisotopic (exact) mass is 390 g/mol. The summed E-state index contributed by atoms with van der Waals surface area (Å²) in [5, 5.41) is 3.73. The lowest BCUT2D eigenvalue weighted by atomic mass is 10.2. The van der Waals surface area contributed by atoms with Crippen molar-refractivity contribution in [1.82, 2.24) is 23.6 Å². The van der Waals surface area contributed by atoms with Crippen molar-refractivity contribution in [3.05, 3.63) is 55.7 Å². The fourth-order valence-electron chi connectivity index (χ4n) is 2.93. The van der Waals surface area contributed by atoms with Gasteiger partial charge >= 0.3 is 5.69 Å². The fourth-order valence-corrected chi connectivity index (χ4v) is 3.12. The molecule has 1 aromatic carbocycles. The predicted octanol–water partition coefficient (Wildman–Crippen LogP) is 1.11. The lowest BCUT2D eigenvalue weighted by Gasteiger charge is -2.11. The van der Waals surface area contributed by atoms with Gasteiger partial charge in [-0.1, -0.05) is 29.8 Å². The minimum Gasteiger partial charge on any atom is -0.354 e. The average Bonchev–Trinajstić information content (AvgIpc) is 2.95. The molecule has 1 N–H and O–H groups in total.